The second kappa shape index (κ2) is 10.1. The Morgan fingerprint density at radius 1 is 1.03 bits per heavy atom. The molecule has 2 heterocycles. The number of hydrogen-bond acceptors (Lipinski definition) is 6. The molecule has 7 heteroatoms. The zero-order chi connectivity index (χ0) is 22.5. The van der Waals surface area contributed by atoms with E-state index in [-0.39, 0.29) is 17.9 Å². The molecule has 1 amide bonds. The van der Waals surface area contributed by atoms with Crippen LogP contribution in [0.3, 0.4) is 0 Å². The first-order valence-electron chi connectivity index (χ1n) is 11.2. The first-order chi connectivity index (χ1) is 15.6. The number of nitrogens with zero attached hydrogens (tertiary/aromatic N) is 2. The molecule has 0 unspecified atom stereocenters. The lowest BCUT2D eigenvalue weighted by Crippen LogP contribution is -2.61. The number of hydrogen-bond donors (Lipinski definition) is 1. The Hall–Kier alpha value is -2.93. The lowest BCUT2D eigenvalue weighted by molar-refractivity contribution is -0.125. The number of benzene rings is 2. The largest absolute Gasteiger partial charge is 0.497 e. The van der Waals surface area contributed by atoms with Gasteiger partial charge in [-0.3, -0.25) is 4.79 Å². The van der Waals surface area contributed by atoms with Gasteiger partial charge in [0.2, 0.25) is 5.91 Å². The van der Waals surface area contributed by atoms with Crippen molar-refractivity contribution in [3.8, 4) is 11.5 Å². The molecule has 1 fully saturated rings. The summed E-state index contributed by atoms with van der Waals surface area (Å²) in [6.07, 6.45) is 1.54. The van der Waals surface area contributed by atoms with Gasteiger partial charge < -0.3 is 29.3 Å². The van der Waals surface area contributed by atoms with Gasteiger partial charge in [0, 0.05) is 57.3 Å². The van der Waals surface area contributed by atoms with Crippen LogP contribution in [0.2, 0.25) is 0 Å². The Kier molecular flexibility index (Phi) is 7.05. The smallest absolute Gasteiger partial charge is 0.225 e. The Labute approximate surface area is 190 Å². The van der Waals surface area contributed by atoms with E-state index in [0.717, 1.165) is 49.7 Å². The zero-order valence-electron chi connectivity index (χ0n) is 19.2. The average Bonchev–Trinajstić information content (AvgIpc) is 2.85. The number of carbonyl (C=O) groups excluding carboxylic acids is 1. The average molecular weight is 440 g/mol. The van der Waals surface area contributed by atoms with Crippen molar-refractivity contribution in [2.45, 2.75) is 18.9 Å². The van der Waals surface area contributed by atoms with Crippen LogP contribution in [-0.4, -0.2) is 66.1 Å². The molecule has 2 aromatic rings. The number of rotatable bonds is 8. The number of methoxy groups -OCH3 is 3. The molecule has 0 saturated carbocycles. The SMILES string of the molecule is COCCCNC(=O)[C@@H]1Cc2ccc(OC)cc2N2CCN(c3ccc(OC)cc3)C[C@@H]12. The summed E-state index contributed by atoms with van der Waals surface area (Å²) in [6, 6.07) is 14.4. The molecule has 1 saturated heterocycles. The van der Waals surface area contributed by atoms with E-state index in [0.29, 0.717) is 13.2 Å². The molecule has 172 valence electrons. The minimum Gasteiger partial charge on any atom is -0.497 e. The molecule has 0 spiro atoms. The third-order valence-electron chi connectivity index (χ3n) is 6.52. The van der Waals surface area contributed by atoms with E-state index in [1.165, 1.54) is 11.3 Å². The van der Waals surface area contributed by atoms with Crippen molar-refractivity contribution in [1.82, 2.24) is 5.32 Å². The summed E-state index contributed by atoms with van der Waals surface area (Å²) in [6.45, 7) is 3.81. The molecule has 2 atom stereocenters. The van der Waals surface area contributed by atoms with Gasteiger partial charge in [-0.1, -0.05) is 6.07 Å². The first-order valence-corrected chi connectivity index (χ1v) is 11.2. The van der Waals surface area contributed by atoms with Crippen molar-refractivity contribution in [3.63, 3.8) is 0 Å². The number of ether oxygens (including phenoxy) is 3. The molecule has 7 nitrogen and oxygen atoms in total. The number of amides is 1. The van der Waals surface area contributed by atoms with Gasteiger partial charge in [-0.15, -0.1) is 0 Å². The molecule has 2 aromatic carbocycles. The van der Waals surface area contributed by atoms with Crippen molar-refractivity contribution in [3.05, 3.63) is 48.0 Å². The number of fused-ring (bicyclic) bond motifs is 3. The van der Waals surface area contributed by atoms with E-state index >= 15 is 0 Å². The quantitative estimate of drug-likeness (QED) is 0.638. The molecule has 0 aliphatic carbocycles. The van der Waals surface area contributed by atoms with E-state index in [4.69, 9.17) is 14.2 Å². The molecule has 2 aliphatic heterocycles. The van der Waals surface area contributed by atoms with Gasteiger partial charge in [0.25, 0.3) is 0 Å². The fourth-order valence-corrected chi connectivity index (χ4v) is 4.79. The summed E-state index contributed by atoms with van der Waals surface area (Å²) >= 11 is 0. The molecule has 0 bridgehead atoms. The van der Waals surface area contributed by atoms with Crippen LogP contribution in [0.15, 0.2) is 42.5 Å². The second-order valence-corrected chi connectivity index (χ2v) is 8.35. The Balaban J connectivity index is 1.58. The molecule has 0 radical (unpaired) electrons. The Bertz CT molecular complexity index is 918. The monoisotopic (exact) mass is 439 g/mol. The van der Waals surface area contributed by atoms with Gasteiger partial charge in [0.1, 0.15) is 11.5 Å². The van der Waals surface area contributed by atoms with Crippen molar-refractivity contribution < 1.29 is 19.0 Å². The number of anilines is 2. The van der Waals surface area contributed by atoms with E-state index in [2.05, 4.69) is 39.4 Å². The summed E-state index contributed by atoms with van der Waals surface area (Å²) in [7, 11) is 5.05. The second-order valence-electron chi connectivity index (χ2n) is 8.35. The highest BCUT2D eigenvalue weighted by Crippen LogP contribution is 2.39. The summed E-state index contributed by atoms with van der Waals surface area (Å²) in [5, 5.41) is 3.14. The lowest BCUT2D eigenvalue weighted by atomic mass is 9.83. The van der Waals surface area contributed by atoms with Crippen LogP contribution in [0.25, 0.3) is 0 Å². The number of piperazine rings is 1. The molecule has 4 rings (SSSR count). The first kappa shape index (κ1) is 22.3. The van der Waals surface area contributed by atoms with Gasteiger partial charge in [-0.25, -0.2) is 0 Å². The van der Waals surface area contributed by atoms with Gasteiger partial charge in [-0.2, -0.15) is 0 Å². The predicted octanol–water partition coefficient (Wildman–Crippen LogP) is 2.72. The van der Waals surface area contributed by atoms with Crippen LogP contribution in [0, 0.1) is 5.92 Å². The highest BCUT2D eigenvalue weighted by Gasteiger charge is 2.41. The molecular formula is C25H33N3O4. The highest BCUT2D eigenvalue weighted by molar-refractivity contribution is 5.82. The standard InChI is InChI=1S/C25H33N3O4/c1-30-14-4-11-26-25(29)22-15-18-5-8-21(32-3)16-23(18)28-13-12-27(17-24(22)28)19-6-9-20(31-2)10-7-19/h5-10,16,22,24H,4,11-15,17H2,1-3H3,(H,26,29)/t22-,24+/m1/s1. The van der Waals surface area contributed by atoms with Crippen molar-refractivity contribution >= 4 is 17.3 Å². The van der Waals surface area contributed by atoms with Crippen LogP contribution in [-0.2, 0) is 16.0 Å². The van der Waals surface area contributed by atoms with Gasteiger partial charge in [0.15, 0.2) is 0 Å². The maximum atomic E-state index is 13.2. The summed E-state index contributed by atoms with van der Waals surface area (Å²) in [4.78, 5) is 18.0. The van der Waals surface area contributed by atoms with Crippen LogP contribution >= 0.6 is 0 Å². The zero-order valence-corrected chi connectivity index (χ0v) is 19.2. The normalized spacial score (nSPS) is 19.7. The van der Waals surface area contributed by atoms with E-state index in [9.17, 15) is 4.79 Å². The van der Waals surface area contributed by atoms with Crippen molar-refractivity contribution in [2.75, 3.05) is 63.9 Å². The molecular weight excluding hydrogens is 406 g/mol. The summed E-state index contributed by atoms with van der Waals surface area (Å²) < 4.78 is 15.9. The Morgan fingerprint density at radius 3 is 2.50 bits per heavy atom. The maximum absolute atomic E-state index is 13.2. The minimum atomic E-state index is -0.112. The fourth-order valence-electron chi connectivity index (χ4n) is 4.79. The van der Waals surface area contributed by atoms with Crippen LogP contribution < -0.4 is 24.6 Å². The van der Waals surface area contributed by atoms with Crippen LogP contribution in [0.1, 0.15) is 12.0 Å². The minimum absolute atomic E-state index is 0.0906. The van der Waals surface area contributed by atoms with E-state index in [1.54, 1.807) is 21.3 Å². The molecule has 32 heavy (non-hydrogen) atoms. The molecule has 2 aliphatic rings. The lowest BCUT2D eigenvalue weighted by Gasteiger charge is -2.49. The van der Waals surface area contributed by atoms with Crippen molar-refractivity contribution in [2.24, 2.45) is 5.92 Å². The van der Waals surface area contributed by atoms with Gasteiger partial charge in [-0.05, 0) is 48.7 Å². The van der Waals surface area contributed by atoms with E-state index in [1.807, 2.05) is 18.2 Å². The molecule has 1 N–H and O–H groups in total. The summed E-state index contributed by atoms with van der Waals surface area (Å²) in [5.74, 6) is 1.70. The van der Waals surface area contributed by atoms with Crippen molar-refractivity contribution in [1.29, 1.82) is 0 Å². The third kappa shape index (κ3) is 4.63. The van der Waals surface area contributed by atoms with Gasteiger partial charge >= 0.3 is 0 Å². The highest BCUT2D eigenvalue weighted by atomic mass is 16.5. The predicted molar refractivity (Wildman–Crippen MR) is 126 cm³/mol. The number of carbonyl (C=O) groups is 1. The third-order valence-corrected chi connectivity index (χ3v) is 6.52. The molecule has 0 aromatic heterocycles. The Morgan fingerprint density at radius 2 is 1.78 bits per heavy atom. The van der Waals surface area contributed by atoms with E-state index < -0.39 is 0 Å². The maximum Gasteiger partial charge on any atom is 0.225 e. The van der Waals surface area contributed by atoms with Crippen LogP contribution in [0.4, 0.5) is 11.4 Å². The number of nitrogens with one attached hydrogen (secondary N) is 1. The fraction of sp³-hybridized carbons (Fsp3) is 0.480. The summed E-state index contributed by atoms with van der Waals surface area (Å²) in [5.41, 5.74) is 3.55. The van der Waals surface area contributed by atoms with Crippen LogP contribution in [0.5, 0.6) is 11.5 Å². The van der Waals surface area contributed by atoms with Gasteiger partial charge in [0.05, 0.1) is 26.2 Å². The topological polar surface area (TPSA) is 63.3 Å².